The number of aliphatic carboxylic acids is 2. The smallest absolute Gasteiger partial charge is 0.345 e. The van der Waals surface area contributed by atoms with Crippen LogP contribution in [-0.2, 0) is 19.1 Å². The largest absolute Gasteiger partial charge is 0.481 e. The zero-order valence-electron chi connectivity index (χ0n) is 8.93. The maximum absolute atomic E-state index is 10.9. The number of ether oxygens (including phenoxy) is 1. The summed E-state index contributed by atoms with van der Waals surface area (Å²) in [6.45, 7) is 4.57. The fourth-order valence-corrected chi connectivity index (χ4v) is 0.568. The number of carbonyl (C=O) groups is 3. The molecule has 0 radical (unpaired) electrons. The van der Waals surface area contributed by atoms with Gasteiger partial charge < -0.3 is 27.3 Å². The number of hydrogen-bond acceptors (Lipinski definition) is 6. The maximum atomic E-state index is 10.9. The molecule has 0 aromatic carbocycles. The van der Waals surface area contributed by atoms with Crippen LogP contribution in [0, 0.1) is 0 Å². The second kappa shape index (κ2) is 8.38. The van der Waals surface area contributed by atoms with Gasteiger partial charge in [0.1, 0.15) is 0 Å². The van der Waals surface area contributed by atoms with Crippen molar-refractivity contribution in [2.75, 3.05) is 0 Å². The predicted octanol–water partition coefficient (Wildman–Crippen LogP) is 0.358. The number of rotatable bonds is 5. The first kappa shape index (κ1) is 19.6. The van der Waals surface area contributed by atoms with E-state index in [4.69, 9.17) is 10.2 Å². The molecule has 0 spiro atoms. The molecule has 0 saturated heterocycles. The van der Waals surface area contributed by atoms with E-state index in [9.17, 15) is 14.4 Å². The summed E-state index contributed by atoms with van der Waals surface area (Å²) in [5.41, 5.74) is 0.0154. The molecule has 0 fully saturated rings. The highest BCUT2D eigenvalue weighted by Crippen LogP contribution is 2.03. The van der Waals surface area contributed by atoms with Gasteiger partial charge in [0.05, 0.1) is 6.42 Å². The van der Waals surface area contributed by atoms with E-state index in [0.29, 0.717) is 0 Å². The lowest BCUT2D eigenvalue weighted by atomic mass is 10.2. The van der Waals surface area contributed by atoms with E-state index in [0.717, 1.165) is 0 Å². The molecule has 0 aliphatic heterocycles. The van der Waals surface area contributed by atoms with Crippen LogP contribution in [0.3, 0.4) is 0 Å². The molecule has 8 N–H and O–H groups in total. The number of hydrogen-bond donors (Lipinski definition) is 4. The zero-order valence-corrected chi connectivity index (χ0v) is 8.93. The topological polar surface area (TPSA) is 171 Å². The summed E-state index contributed by atoms with van der Waals surface area (Å²) >= 11 is 0. The van der Waals surface area contributed by atoms with Gasteiger partial charge in [-0.05, 0) is 6.92 Å². The quantitative estimate of drug-likeness (QED) is 0.391. The van der Waals surface area contributed by atoms with Crippen LogP contribution in [0.5, 0.6) is 0 Å². The second-order valence-electron chi connectivity index (χ2n) is 2.61. The minimum absolute atomic E-state index is 0. The van der Waals surface area contributed by atoms with E-state index >= 15 is 0 Å². The lowest BCUT2D eigenvalue weighted by molar-refractivity contribution is -0.164. The van der Waals surface area contributed by atoms with Gasteiger partial charge in [-0.15, -0.1) is 0 Å². The third kappa shape index (κ3) is 7.47. The lowest BCUT2D eigenvalue weighted by Crippen LogP contribution is -2.29. The van der Waals surface area contributed by atoms with Crippen LogP contribution in [0.1, 0.15) is 13.3 Å². The number of carbonyl (C=O) groups excluding carboxylic acids is 1. The monoisotopic (exact) mass is 236 g/mol. The van der Waals surface area contributed by atoms with Gasteiger partial charge in [-0.2, -0.15) is 0 Å². The molecule has 0 saturated carbocycles. The van der Waals surface area contributed by atoms with Crippen LogP contribution in [-0.4, -0.2) is 34.2 Å². The number of esters is 1. The Morgan fingerprint density at radius 3 is 1.94 bits per heavy atom. The van der Waals surface area contributed by atoms with Crippen molar-refractivity contribution in [1.82, 2.24) is 12.3 Å². The van der Waals surface area contributed by atoms with Gasteiger partial charge in [0, 0.05) is 5.57 Å². The Labute approximate surface area is 92.1 Å². The second-order valence-corrected chi connectivity index (χ2v) is 2.61. The average molecular weight is 236 g/mol. The Balaban J connectivity index is -0.000000845. The molecule has 0 heterocycles. The van der Waals surface area contributed by atoms with Crippen LogP contribution >= 0.6 is 0 Å². The summed E-state index contributed by atoms with van der Waals surface area (Å²) in [7, 11) is 0. The predicted molar refractivity (Wildman–Crippen MR) is 54.6 cm³/mol. The van der Waals surface area contributed by atoms with Gasteiger partial charge in [0.2, 0.25) is 6.10 Å². The molecule has 94 valence electrons. The Morgan fingerprint density at radius 2 is 1.69 bits per heavy atom. The van der Waals surface area contributed by atoms with Gasteiger partial charge in [0.15, 0.2) is 0 Å². The molecule has 8 nitrogen and oxygen atoms in total. The first-order chi connectivity index (χ1) is 6.34. The van der Waals surface area contributed by atoms with Crippen LogP contribution in [0.25, 0.3) is 0 Å². The SMILES string of the molecule is C=C(C)C(=O)OC(CC(=O)O)C(=O)O.N.N. The van der Waals surface area contributed by atoms with Crippen molar-refractivity contribution in [2.24, 2.45) is 0 Å². The molecular weight excluding hydrogens is 220 g/mol. The van der Waals surface area contributed by atoms with Crippen molar-refractivity contribution < 1.29 is 29.3 Å². The van der Waals surface area contributed by atoms with Crippen LogP contribution in [0.2, 0.25) is 0 Å². The van der Waals surface area contributed by atoms with E-state index in [2.05, 4.69) is 11.3 Å². The highest BCUT2D eigenvalue weighted by atomic mass is 16.6. The van der Waals surface area contributed by atoms with E-state index < -0.39 is 30.4 Å². The Hall–Kier alpha value is -1.93. The molecule has 0 aromatic heterocycles. The van der Waals surface area contributed by atoms with E-state index in [-0.39, 0.29) is 17.9 Å². The Kier molecular flexibility index (Phi) is 10.3. The molecule has 8 heteroatoms. The summed E-state index contributed by atoms with van der Waals surface area (Å²) in [5, 5.41) is 16.8. The van der Waals surface area contributed by atoms with E-state index in [1.807, 2.05) is 0 Å². The van der Waals surface area contributed by atoms with Gasteiger partial charge in [0.25, 0.3) is 0 Å². The van der Waals surface area contributed by atoms with Crippen molar-refractivity contribution in [3.63, 3.8) is 0 Å². The molecule has 16 heavy (non-hydrogen) atoms. The zero-order chi connectivity index (χ0) is 11.3. The summed E-state index contributed by atoms with van der Waals surface area (Å²) in [6.07, 6.45) is -2.44. The van der Waals surface area contributed by atoms with Crippen molar-refractivity contribution >= 4 is 17.9 Å². The summed E-state index contributed by atoms with van der Waals surface area (Å²) in [5.74, 6) is -3.77. The molecule has 0 amide bonds. The summed E-state index contributed by atoms with van der Waals surface area (Å²) < 4.78 is 4.37. The molecule has 0 bridgehead atoms. The number of carboxylic acids is 2. The van der Waals surface area contributed by atoms with Crippen molar-refractivity contribution in [3.8, 4) is 0 Å². The molecule has 0 aromatic rings. The highest BCUT2D eigenvalue weighted by molar-refractivity contribution is 5.90. The first-order valence-corrected chi connectivity index (χ1v) is 3.65. The van der Waals surface area contributed by atoms with Crippen molar-refractivity contribution in [2.45, 2.75) is 19.4 Å². The van der Waals surface area contributed by atoms with Gasteiger partial charge in [-0.25, -0.2) is 9.59 Å². The first-order valence-electron chi connectivity index (χ1n) is 3.65. The average Bonchev–Trinajstić information content (AvgIpc) is 2.01. The van der Waals surface area contributed by atoms with Crippen molar-refractivity contribution in [3.05, 3.63) is 12.2 Å². The van der Waals surface area contributed by atoms with E-state index in [1.165, 1.54) is 6.92 Å². The van der Waals surface area contributed by atoms with Crippen LogP contribution in [0.15, 0.2) is 12.2 Å². The minimum Gasteiger partial charge on any atom is -0.481 e. The molecule has 1 unspecified atom stereocenters. The van der Waals surface area contributed by atoms with Gasteiger partial charge in [-0.1, -0.05) is 6.58 Å². The van der Waals surface area contributed by atoms with Gasteiger partial charge in [-0.3, -0.25) is 4.79 Å². The molecule has 0 rings (SSSR count). The highest BCUT2D eigenvalue weighted by Gasteiger charge is 2.25. The Morgan fingerprint density at radius 1 is 1.25 bits per heavy atom. The summed E-state index contributed by atoms with van der Waals surface area (Å²) in [4.78, 5) is 31.5. The molecule has 1 atom stereocenters. The minimum atomic E-state index is -1.67. The van der Waals surface area contributed by atoms with Crippen molar-refractivity contribution in [1.29, 1.82) is 0 Å². The van der Waals surface area contributed by atoms with E-state index in [1.54, 1.807) is 0 Å². The lowest BCUT2D eigenvalue weighted by Gasteiger charge is -2.10. The fourth-order valence-electron chi connectivity index (χ4n) is 0.568. The third-order valence-corrected chi connectivity index (χ3v) is 1.23. The molecule has 0 aliphatic carbocycles. The van der Waals surface area contributed by atoms with Crippen LogP contribution < -0.4 is 12.3 Å². The molecule has 0 aliphatic rings. The normalized spacial score (nSPS) is 10.1. The Bertz CT molecular complexity index is 288. The number of carboxylic acid groups (broad SMARTS) is 2. The fraction of sp³-hybridized carbons (Fsp3) is 0.375. The van der Waals surface area contributed by atoms with Gasteiger partial charge >= 0.3 is 17.9 Å². The summed E-state index contributed by atoms with van der Waals surface area (Å²) in [6, 6.07) is 0. The maximum Gasteiger partial charge on any atom is 0.345 e. The third-order valence-electron chi connectivity index (χ3n) is 1.23. The van der Waals surface area contributed by atoms with Crippen LogP contribution in [0.4, 0.5) is 0 Å². The standard InChI is InChI=1S/C8H10O6.2H3N/c1-4(2)8(13)14-5(7(11)12)3-6(9)10;;/h5H,1,3H2,2H3,(H,9,10)(H,11,12);2*1H3. The molecular formula is C8H16N2O6.